The molecule has 1 aromatic heterocycles. The summed E-state index contributed by atoms with van der Waals surface area (Å²) in [4.78, 5) is 0. The Morgan fingerprint density at radius 1 is 1.00 bits per heavy atom. The molecule has 102 valence electrons. The van der Waals surface area contributed by atoms with Crippen molar-refractivity contribution in [3.8, 4) is 0 Å². The smallest absolute Gasteiger partial charge is 0.113 e. The normalized spacial score (nSPS) is 14.4. The van der Waals surface area contributed by atoms with Gasteiger partial charge in [-0.3, -0.25) is 0 Å². The fourth-order valence-corrected chi connectivity index (χ4v) is 3.80. The molecule has 0 bridgehead atoms. The minimum absolute atomic E-state index is 0.972. The molecule has 3 aromatic rings. The third-order valence-electron chi connectivity index (χ3n) is 3.92. The van der Waals surface area contributed by atoms with E-state index in [9.17, 15) is 5.11 Å². The lowest BCUT2D eigenvalue weighted by molar-refractivity contribution is 0.103. The molecule has 0 radical (unpaired) electrons. The molecule has 0 aliphatic rings. The van der Waals surface area contributed by atoms with E-state index in [1.165, 1.54) is 15.6 Å². The Morgan fingerprint density at radius 2 is 1.80 bits per heavy atom. The first-order valence-electron chi connectivity index (χ1n) is 6.77. The molecule has 0 spiro atoms. The zero-order chi connectivity index (χ0) is 14.3. The van der Waals surface area contributed by atoms with Crippen LogP contribution in [0, 0.1) is 13.8 Å². The number of thiophene rings is 1. The summed E-state index contributed by atoms with van der Waals surface area (Å²) >= 11 is 1.69. The first-order valence-corrected chi connectivity index (χ1v) is 7.65. The predicted octanol–water partition coefficient (Wildman–Crippen LogP) is 4.77. The number of hydrogen-bond donors (Lipinski definition) is 1. The molecule has 1 nitrogen and oxygen atoms in total. The average Bonchev–Trinajstić information content (AvgIpc) is 2.89. The van der Waals surface area contributed by atoms with Crippen LogP contribution >= 0.6 is 11.3 Å². The molecule has 0 fully saturated rings. The zero-order valence-corrected chi connectivity index (χ0v) is 12.8. The second-order valence-electron chi connectivity index (χ2n) is 5.54. The molecule has 2 heteroatoms. The van der Waals surface area contributed by atoms with Gasteiger partial charge in [-0.15, -0.1) is 11.3 Å². The highest BCUT2D eigenvalue weighted by molar-refractivity contribution is 7.17. The first-order chi connectivity index (χ1) is 9.50. The monoisotopic (exact) mass is 282 g/mol. The Bertz CT molecular complexity index is 768. The van der Waals surface area contributed by atoms with Crippen molar-refractivity contribution in [1.82, 2.24) is 0 Å². The lowest BCUT2D eigenvalue weighted by atomic mass is 9.84. The van der Waals surface area contributed by atoms with E-state index in [1.54, 1.807) is 11.3 Å². The lowest BCUT2D eigenvalue weighted by Gasteiger charge is -2.27. The van der Waals surface area contributed by atoms with E-state index < -0.39 is 5.60 Å². The van der Waals surface area contributed by atoms with E-state index >= 15 is 0 Å². The maximum atomic E-state index is 11.2. The van der Waals surface area contributed by atoms with Crippen molar-refractivity contribution in [2.24, 2.45) is 0 Å². The van der Waals surface area contributed by atoms with Crippen LogP contribution in [0.5, 0.6) is 0 Å². The summed E-state index contributed by atoms with van der Waals surface area (Å²) in [5.74, 6) is 0. The van der Waals surface area contributed by atoms with E-state index in [2.05, 4.69) is 49.6 Å². The van der Waals surface area contributed by atoms with Crippen molar-refractivity contribution in [2.75, 3.05) is 0 Å². The fraction of sp³-hybridized carbons (Fsp3) is 0.222. The zero-order valence-electron chi connectivity index (χ0n) is 12.0. The third-order valence-corrected chi connectivity index (χ3v) is 4.88. The topological polar surface area (TPSA) is 20.2 Å². The van der Waals surface area contributed by atoms with Gasteiger partial charge in [-0.2, -0.15) is 0 Å². The van der Waals surface area contributed by atoms with Crippen LogP contribution in [0.25, 0.3) is 10.1 Å². The molecule has 0 aliphatic heterocycles. The van der Waals surface area contributed by atoms with Gasteiger partial charge in [0.2, 0.25) is 0 Å². The fourth-order valence-electron chi connectivity index (χ4n) is 2.78. The lowest BCUT2D eigenvalue weighted by Crippen LogP contribution is -2.24. The molecule has 1 heterocycles. The summed E-state index contributed by atoms with van der Waals surface area (Å²) in [6.45, 7) is 6.01. The van der Waals surface area contributed by atoms with E-state index in [4.69, 9.17) is 0 Å². The summed E-state index contributed by atoms with van der Waals surface area (Å²) in [5.41, 5.74) is 3.29. The molecule has 2 aromatic carbocycles. The summed E-state index contributed by atoms with van der Waals surface area (Å²) < 4.78 is 1.17. The summed E-state index contributed by atoms with van der Waals surface area (Å²) in [6.07, 6.45) is 0. The Labute approximate surface area is 123 Å². The van der Waals surface area contributed by atoms with E-state index in [0.29, 0.717) is 0 Å². The van der Waals surface area contributed by atoms with Gasteiger partial charge in [-0.05, 0) is 48.7 Å². The van der Waals surface area contributed by atoms with Crippen LogP contribution in [-0.2, 0) is 5.60 Å². The van der Waals surface area contributed by atoms with Crippen LogP contribution < -0.4 is 0 Å². The van der Waals surface area contributed by atoms with Gasteiger partial charge in [0.05, 0.1) is 0 Å². The summed E-state index contributed by atoms with van der Waals surface area (Å²) in [5, 5.41) is 14.5. The number of rotatable bonds is 2. The number of fused-ring (bicyclic) bond motifs is 1. The minimum atomic E-state index is -0.972. The van der Waals surface area contributed by atoms with Gasteiger partial charge in [-0.25, -0.2) is 0 Å². The van der Waals surface area contributed by atoms with Crippen LogP contribution in [0.2, 0.25) is 0 Å². The quantitative estimate of drug-likeness (QED) is 0.717. The van der Waals surface area contributed by atoms with Gasteiger partial charge in [0.15, 0.2) is 0 Å². The van der Waals surface area contributed by atoms with Crippen LogP contribution in [0.3, 0.4) is 0 Å². The standard InChI is InChI=1S/C18H18OS/c1-12-7-8-13(2)16(11-12)18(3,19)15-6-4-5-14-9-10-20-17(14)15/h4-11,19H,1-3H3. The first kappa shape index (κ1) is 13.3. The van der Waals surface area contributed by atoms with Gasteiger partial charge < -0.3 is 5.11 Å². The Morgan fingerprint density at radius 3 is 2.60 bits per heavy atom. The maximum absolute atomic E-state index is 11.2. The van der Waals surface area contributed by atoms with Gasteiger partial charge in [0.25, 0.3) is 0 Å². The van der Waals surface area contributed by atoms with Crippen LogP contribution in [0.15, 0.2) is 47.8 Å². The molecule has 0 saturated carbocycles. The average molecular weight is 282 g/mol. The molecule has 1 atom stereocenters. The maximum Gasteiger partial charge on any atom is 0.113 e. The molecule has 3 rings (SSSR count). The predicted molar refractivity (Wildman–Crippen MR) is 86.4 cm³/mol. The summed E-state index contributed by atoms with van der Waals surface area (Å²) in [6, 6.07) is 14.5. The highest BCUT2D eigenvalue weighted by Gasteiger charge is 2.29. The number of aliphatic hydroxyl groups is 1. The van der Waals surface area contributed by atoms with Crippen molar-refractivity contribution >= 4 is 21.4 Å². The van der Waals surface area contributed by atoms with Gasteiger partial charge in [-0.1, -0.05) is 42.0 Å². The Kier molecular flexibility index (Phi) is 3.15. The van der Waals surface area contributed by atoms with Crippen molar-refractivity contribution < 1.29 is 5.11 Å². The molecule has 0 aliphatic carbocycles. The Hall–Kier alpha value is -1.64. The molecule has 1 N–H and O–H groups in total. The van der Waals surface area contributed by atoms with Crippen molar-refractivity contribution in [1.29, 1.82) is 0 Å². The summed E-state index contributed by atoms with van der Waals surface area (Å²) in [7, 11) is 0. The molecule has 0 amide bonds. The largest absolute Gasteiger partial charge is 0.381 e. The van der Waals surface area contributed by atoms with Crippen LogP contribution in [0.4, 0.5) is 0 Å². The number of aryl methyl sites for hydroxylation is 2. The highest BCUT2D eigenvalue weighted by atomic mass is 32.1. The molecule has 1 unspecified atom stereocenters. The van der Waals surface area contributed by atoms with Gasteiger partial charge in [0.1, 0.15) is 5.60 Å². The van der Waals surface area contributed by atoms with Crippen LogP contribution in [-0.4, -0.2) is 5.11 Å². The third kappa shape index (κ3) is 2.05. The van der Waals surface area contributed by atoms with Crippen molar-refractivity contribution in [3.63, 3.8) is 0 Å². The molecular formula is C18H18OS. The number of benzene rings is 2. The second kappa shape index (κ2) is 4.72. The van der Waals surface area contributed by atoms with E-state index in [-0.39, 0.29) is 0 Å². The second-order valence-corrected chi connectivity index (χ2v) is 6.45. The SMILES string of the molecule is Cc1ccc(C)c(C(C)(O)c2cccc3ccsc23)c1. The molecule has 0 saturated heterocycles. The molecule has 20 heavy (non-hydrogen) atoms. The van der Waals surface area contributed by atoms with Crippen molar-refractivity contribution in [3.05, 3.63) is 70.1 Å². The number of hydrogen-bond acceptors (Lipinski definition) is 2. The molecular weight excluding hydrogens is 264 g/mol. The van der Waals surface area contributed by atoms with Crippen molar-refractivity contribution in [2.45, 2.75) is 26.4 Å². The van der Waals surface area contributed by atoms with Gasteiger partial charge in [0, 0.05) is 10.3 Å². The minimum Gasteiger partial charge on any atom is -0.381 e. The highest BCUT2D eigenvalue weighted by Crippen LogP contribution is 2.38. The van der Waals surface area contributed by atoms with Gasteiger partial charge >= 0.3 is 0 Å². The van der Waals surface area contributed by atoms with E-state index in [0.717, 1.165) is 16.7 Å². The van der Waals surface area contributed by atoms with Crippen LogP contribution in [0.1, 0.15) is 29.2 Å². The van der Waals surface area contributed by atoms with E-state index in [1.807, 2.05) is 19.1 Å². The Balaban J connectivity index is 2.25.